The minimum Gasteiger partial charge on any atom is -0.508 e. The lowest BCUT2D eigenvalue weighted by atomic mass is 9.84. The average molecular weight is 279 g/mol. The lowest BCUT2D eigenvalue weighted by Gasteiger charge is -2.34. The third-order valence-corrected chi connectivity index (χ3v) is 3.95. The molecule has 0 aliphatic carbocycles. The number of amides is 1. The molecule has 1 aliphatic rings. The molecule has 0 aromatic heterocycles. The third-order valence-electron chi connectivity index (χ3n) is 3.95. The second-order valence-electron chi connectivity index (χ2n) is 5.27. The molecule has 0 bridgehead atoms. The maximum absolute atomic E-state index is 12.0. The van der Waals surface area contributed by atoms with Gasteiger partial charge >= 0.3 is 0 Å². The van der Waals surface area contributed by atoms with Crippen LogP contribution >= 0.6 is 0 Å². The van der Waals surface area contributed by atoms with E-state index in [1.165, 1.54) is 11.6 Å². The number of carbonyl (C=O) groups is 1. The first-order chi connectivity index (χ1) is 10.2. The fourth-order valence-electron chi connectivity index (χ4n) is 2.93. The van der Waals surface area contributed by atoms with Gasteiger partial charge in [-0.15, -0.1) is 0 Å². The van der Waals surface area contributed by atoms with E-state index < -0.39 is 0 Å². The van der Waals surface area contributed by atoms with Gasteiger partial charge in [0.1, 0.15) is 5.75 Å². The summed E-state index contributed by atoms with van der Waals surface area (Å²) in [6, 6.07) is 15.4. The first-order valence-corrected chi connectivity index (χ1v) is 6.97. The summed E-state index contributed by atoms with van der Waals surface area (Å²) in [5.41, 5.74) is 3.38. The highest BCUT2D eigenvalue weighted by atomic mass is 16.3. The summed E-state index contributed by atoms with van der Waals surface area (Å²) >= 11 is 0. The third kappa shape index (κ3) is 2.55. The van der Waals surface area contributed by atoms with Crippen molar-refractivity contribution in [2.45, 2.75) is 12.5 Å². The summed E-state index contributed by atoms with van der Waals surface area (Å²) in [4.78, 5) is 13.8. The van der Waals surface area contributed by atoms with Crippen molar-refractivity contribution in [3.05, 3.63) is 77.9 Å². The Morgan fingerprint density at radius 1 is 1.24 bits per heavy atom. The SMILES string of the molecule is C=CC(=O)N1Cc2ccccc2[C@@H](c2cccc(O)c2)C1. The predicted octanol–water partition coefficient (Wildman–Crippen LogP) is 3.05. The minimum absolute atomic E-state index is 0.0605. The van der Waals surface area contributed by atoms with Gasteiger partial charge in [-0.05, 0) is 34.9 Å². The monoisotopic (exact) mass is 279 g/mol. The molecule has 0 spiro atoms. The van der Waals surface area contributed by atoms with Gasteiger partial charge in [0.2, 0.25) is 5.91 Å². The van der Waals surface area contributed by atoms with Gasteiger partial charge in [-0.25, -0.2) is 0 Å². The predicted molar refractivity (Wildman–Crippen MR) is 82.0 cm³/mol. The molecule has 1 amide bonds. The van der Waals surface area contributed by atoms with E-state index in [-0.39, 0.29) is 17.6 Å². The highest BCUT2D eigenvalue weighted by Crippen LogP contribution is 2.34. The fourth-order valence-corrected chi connectivity index (χ4v) is 2.93. The molecule has 106 valence electrons. The summed E-state index contributed by atoms with van der Waals surface area (Å²) in [5, 5.41) is 9.72. The van der Waals surface area contributed by atoms with Gasteiger partial charge in [0.05, 0.1) is 0 Å². The zero-order valence-electron chi connectivity index (χ0n) is 11.7. The van der Waals surface area contributed by atoms with Crippen molar-refractivity contribution in [3.63, 3.8) is 0 Å². The number of phenols is 1. The number of nitrogens with zero attached hydrogens (tertiary/aromatic N) is 1. The maximum atomic E-state index is 12.0. The normalized spacial score (nSPS) is 17.1. The first-order valence-electron chi connectivity index (χ1n) is 6.97. The molecule has 0 saturated carbocycles. The van der Waals surface area contributed by atoms with Crippen LogP contribution in [0, 0.1) is 0 Å². The topological polar surface area (TPSA) is 40.5 Å². The van der Waals surface area contributed by atoms with Crippen molar-refractivity contribution in [3.8, 4) is 5.75 Å². The van der Waals surface area contributed by atoms with Crippen molar-refractivity contribution in [2.24, 2.45) is 0 Å². The van der Waals surface area contributed by atoms with Crippen LogP contribution in [0.3, 0.4) is 0 Å². The Labute approximate surface area is 124 Å². The van der Waals surface area contributed by atoms with Crippen LogP contribution in [-0.2, 0) is 11.3 Å². The smallest absolute Gasteiger partial charge is 0.246 e. The van der Waals surface area contributed by atoms with E-state index in [0.717, 1.165) is 11.1 Å². The Morgan fingerprint density at radius 2 is 2.05 bits per heavy atom. The number of hydrogen-bond donors (Lipinski definition) is 1. The van der Waals surface area contributed by atoms with Crippen LogP contribution in [0.25, 0.3) is 0 Å². The minimum atomic E-state index is -0.0605. The molecule has 3 nitrogen and oxygen atoms in total. The van der Waals surface area contributed by atoms with Crippen LogP contribution in [-0.4, -0.2) is 22.5 Å². The van der Waals surface area contributed by atoms with Gasteiger partial charge in [-0.1, -0.05) is 43.0 Å². The highest BCUT2D eigenvalue weighted by Gasteiger charge is 2.28. The first kappa shape index (κ1) is 13.4. The second kappa shape index (κ2) is 5.44. The molecule has 0 fully saturated rings. The molecular formula is C18H17NO2. The number of phenolic OH excluding ortho intramolecular Hbond substituents is 1. The number of benzene rings is 2. The summed E-state index contributed by atoms with van der Waals surface area (Å²) in [7, 11) is 0. The van der Waals surface area contributed by atoms with E-state index >= 15 is 0 Å². The van der Waals surface area contributed by atoms with Crippen LogP contribution in [0.4, 0.5) is 0 Å². The zero-order chi connectivity index (χ0) is 14.8. The van der Waals surface area contributed by atoms with Crippen LogP contribution in [0.2, 0.25) is 0 Å². The van der Waals surface area contributed by atoms with Crippen molar-refractivity contribution in [2.75, 3.05) is 6.54 Å². The quantitative estimate of drug-likeness (QED) is 0.858. The molecule has 2 aromatic rings. The second-order valence-corrected chi connectivity index (χ2v) is 5.27. The lowest BCUT2D eigenvalue weighted by Crippen LogP contribution is -2.37. The van der Waals surface area contributed by atoms with E-state index in [0.29, 0.717) is 13.1 Å². The Hall–Kier alpha value is -2.55. The van der Waals surface area contributed by atoms with Crippen molar-refractivity contribution in [1.82, 2.24) is 4.90 Å². The maximum Gasteiger partial charge on any atom is 0.246 e. The van der Waals surface area contributed by atoms with E-state index in [4.69, 9.17) is 0 Å². The molecule has 1 atom stereocenters. The highest BCUT2D eigenvalue weighted by molar-refractivity contribution is 5.87. The van der Waals surface area contributed by atoms with E-state index in [2.05, 4.69) is 12.6 Å². The number of fused-ring (bicyclic) bond motifs is 1. The Balaban J connectivity index is 2.05. The lowest BCUT2D eigenvalue weighted by molar-refractivity contribution is -0.127. The van der Waals surface area contributed by atoms with Crippen molar-refractivity contribution < 1.29 is 9.90 Å². The van der Waals surface area contributed by atoms with Gasteiger partial charge in [0, 0.05) is 19.0 Å². The number of carbonyl (C=O) groups excluding carboxylic acids is 1. The molecule has 3 heteroatoms. The van der Waals surface area contributed by atoms with Gasteiger partial charge < -0.3 is 10.0 Å². The van der Waals surface area contributed by atoms with Crippen molar-refractivity contribution >= 4 is 5.91 Å². The summed E-state index contributed by atoms with van der Waals surface area (Å²) in [5.74, 6) is 0.262. The molecule has 0 radical (unpaired) electrons. The van der Waals surface area contributed by atoms with Gasteiger partial charge in [0.15, 0.2) is 0 Å². The molecule has 21 heavy (non-hydrogen) atoms. The van der Waals surface area contributed by atoms with E-state index in [1.807, 2.05) is 30.3 Å². The summed E-state index contributed by atoms with van der Waals surface area (Å²) < 4.78 is 0. The molecule has 0 saturated heterocycles. The molecule has 0 unspecified atom stereocenters. The van der Waals surface area contributed by atoms with Gasteiger partial charge in [-0.3, -0.25) is 4.79 Å². The number of aromatic hydroxyl groups is 1. The molecular weight excluding hydrogens is 262 g/mol. The number of hydrogen-bond acceptors (Lipinski definition) is 2. The van der Waals surface area contributed by atoms with Gasteiger partial charge in [-0.2, -0.15) is 0 Å². The number of rotatable bonds is 2. The molecule has 1 heterocycles. The van der Waals surface area contributed by atoms with E-state index in [9.17, 15) is 9.90 Å². The zero-order valence-corrected chi connectivity index (χ0v) is 11.7. The summed E-state index contributed by atoms with van der Waals surface area (Å²) in [6.45, 7) is 4.78. The van der Waals surface area contributed by atoms with Crippen LogP contribution in [0.5, 0.6) is 5.75 Å². The summed E-state index contributed by atoms with van der Waals surface area (Å²) in [6.07, 6.45) is 1.35. The molecule has 3 rings (SSSR count). The van der Waals surface area contributed by atoms with E-state index in [1.54, 1.807) is 17.0 Å². The van der Waals surface area contributed by atoms with Crippen LogP contribution < -0.4 is 0 Å². The van der Waals surface area contributed by atoms with Crippen molar-refractivity contribution in [1.29, 1.82) is 0 Å². The largest absolute Gasteiger partial charge is 0.508 e. The average Bonchev–Trinajstić information content (AvgIpc) is 2.53. The standard InChI is InChI=1S/C18H17NO2/c1-2-18(21)19-11-14-6-3-4-9-16(14)17(12-19)13-7-5-8-15(20)10-13/h2-10,17,20H,1,11-12H2/t17-/m1/s1. The Bertz CT molecular complexity index is 693. The van der Waals surface area contributed by atoms with Gasteiger partial charge in [0.25, 0.3) is 0 Å². The Morgan fingerprint density at radius 3 is 2.81 bits per heavy atom. The molecule has 2 aromatic carbocycles. The Kier molecular flexibility index (Phi) is 3.48. The fraction of sp³-hybridized carbons (Fsp3) is 0.167. The molecule has 1 N–H and O–H groups in total. The van der Waals surface area contributed by atoms with Crippen LogP contribution in [0.1, 0.15) is 22.6 Å². The van der Waals surface area contributed by atoms with Crippen LogP contribution in [0.15, 0.2) is 61.2 Å². The molecule has 1 aliphatic heterocycles.